The van der Waals surface area contributed by atoms with Crippen molar-refractivity contribution in [3.05, 3.63) is 17.0 Å². The summed E-state index contributed by atoms with van der Waals surface area (Å²) in [5.74, 6) is 0.889. The Kier molecular flexibility index (Phi) is 5.96. The number of carbonyl (C=O) groups excluding carboxylic acids is 2. The van der Waals surface area contributed by atoms with Crippen LogP contribution in [-0.2, 0) is 14.3 Å². The second-order valence-corrected chi connectivity index (χ2v) is 7.51. The predicted octanol–water partition coefficient (Wildman–Crippen LogP) is 1.97. The number of piperidine rings is 1. The van der Waals surface area contributed by atoms with E-state index in [4.69, 9.17) is 4.74 Å². The molecule has 0 radical (unpaired) electrons. The van der Waals surface area contributed by atoms with Gasteiger partial charge in [-0.2, -0.15) is 5.10 Å². The van der Waals surface area contributed by atoms with Crippen LogP contribution < -0.4 is 0 Å². The molecule has 26 heavy (non-hydrogen) atoms. The van der Waals surface area contributed by atoms with Gasteiger partial charge in [-0.25, -0.2) is 0 Å². The lowest BCUT2D eigenvalue weighted by Crippen LogP contribution is -2.44. The molecule has 2 amide bonds. The molecule has 1 aromatic rings. The molecule has 2 aliphatic rings. The molecule has 144 valence electrons. The molecule has 0 saturated carbocycles. The number of ether oxygens (including phenoxy) is 1. The summed E-state index contributed by atoms with van der Waals surface area (Å²) < 4.78 is 5.65. The molecule has 2 fully saturated rings. The molecule has 7 heteroatoms. The van der Waals surface area contributed by atoms with Gasteiger partial charge in [0.15, 0.2) is 0 Å². The second-order valence-electron chi connectivity index (χ2n) is 7.51. The Hall–Kier alpha value is -1.89. The van der Waals surface area contributed by atoms with E-state index in [1.807, 2.05) is 23.6 Å². The van der Waals surface area contributed by atoms with Gasteiger partial charge in [0.2, 0.25) is 11.8 Å². The molecule has 1 aromatic heterocycles. The van der Waals surface area contributed by atoms with Crippen LogP contribution in [-0.4, -0.2) is 64.7 Å². The van der Waals surface area contributed by atoms with Gasteiger partial charge in [-0.15, -0.1) is 0 Å². The predicted molar refractivity (Wildman–Crippen MR) is 97.5 cm³/mol. The highest BCUT2D eigenvalue weighted by Crippen LogP contribution is 2.30. The number of carbonyl (C=O) groups is 2. The SMILES string of the molecule is CC(=O)N1CCC(CCC(=O)N2CCOCC2c2c(C)n[nH]c2C)CC1. The van der Waals surface area contributed by atoms with Crippen LogP contribution in [0.25, 0.3) is 0 Å². The van der Waals surface area contributed by atoms with Crippen LogP contribution in [0, 0.1) is 19.8 Å². The minimum atomic E-state index is -0.0467. The number of aromatic nitrogens is 2. The van der Waals surface area contributed by atoms with E-state index in [1.165, 1.54) is 0 Å². The van der Waals surface area contributed by atoms with Crippen molar-refractivity contribution in [1.82, 2.24) is 20.0 Å². The summed E-state index contributed by atoms with van der Waals surface area (Å²) in [7, 11) is 0. The van der Waals surface area contributed by atoms with Crippen molar-refractivity contribution in [2.45, 2.75) is 52.5 Å². The number of hydrogen-bond donors (Lipinski definition) is 1. The second kappa shape index (κ2) is 8.20. The quantitative estimate of drug-likeness (QED) is 0.888. The fourth-order valence-electron chi connectivity index (χ4n) is 4.20. The van der Waals surface area contributed by atoms with Crippen LogP contribution >= 0.6 is 0 Å². The van der Waals surface area contributed by atoms with Crippen LogP contribution in [0.5, 0.6) is 0 Å². The van der Waals surface area contributed by atoms with Crippen LogP contribution in [0.3, 0.4) is 0 Å². The third-order valence-corrected chi connectivity index (χ3v) is 5.79. The highest BCUT2D eigenvalue weighted by atomic mass is 16.5. The first-order valence-electron chi connectivity index (χ1n) is 9.61. The average molecular weight is 362 g/mol. The highest BCUT2D eigenvalue weighted by Gasteiger charge is 2.32. The van der Waals surface area contributed by atoms with Crippen molar-refractivity contribution in [3.8, 4) is 0 Å². The summed E-state index contributed by atoms with van der Waals surface area (Å²) in [4.78, 5) is 28.2. The summed E-state index contributed by atoms with van der Waals surface area (Å²) in [6, 6.07) is -0.0467. The first kappa shape index (κ1) is 18.9. The maximum absolute atomic E-state index is 12.9. The zero-order chi connectivity index (χ0) is 18.7. The largest absolute Gasteiger partial charge is 0.377 e. The van der Waals surface area contributed by atoms with E-state index >= 15 is 0 Å². The molecule has 3 rings (SSSR count). The van der Waals surface area contributed by atoms with Crippen molar-refractivity contribution in [3.63, 3.8) is 0 Å². The van der Waals surface area contributed by atoms with Gasteiger partial charge >= 0.3 is 0 Å². The monoisotopic (exact) mass is 362 g/mol. The third-order valence-electron chi connectivity index (χ3n) is 5.79. The van der Waals surface area contributed by atoms with Crippen molar-refractivity contribution in [2.24, 2.45) is 5.92 Å². The summed E-state index contributed by atoms with van der Waals surface area (Å²) in [6.45, 7) is 9.00. The van der Waals surface area contributed by atoms with Gasteiger partial charge in [0.25, 0.3) is 0 Å². The molecular weight excluding hydrogens is 332 g/mol. The molecule has 1 unspecified atom stereocenters. The Morgan fingerprint density at radius 3 is 2.58 bits per heavy atom. The third kappa shape index (κ3) is 4.09. The number of H-pyrrole nitrogens is 1. The van der Waals surface area contributed by atoms with E-state index in [2.05, 4.69) is 10.2 Å². The lowest BCUT2D eigenvalue weighted by atomic mass is 9.91. The molecule has 3 heterocycles. The summed E-state index contributed by atoms with van der Waals surface area (Å²) in [5.41, 5.74) is 3.03. The Labute approximate surface area is 155 Å². The van der Waals surface area contributed by atoms with E-state index in [9.17, 15) is 9.59 Å². The first-order valence-corrected chi connectivity index (χ1v) is 9.61. The molecule has 2 aliphatic heterocycles. The highest BCUT2D eigenvalue weighted by molar-refractivity contribution is 5.77. The van der Waals surface area contributed by atoms with Crippen LogP contribution in [0.15, 0.2) is 0 Å². The molecule has 2 saturated heterocycles. The normalized spacial score (nSPS) is 21.9. The Balaban J connectivity index is 1.57. The van der Waals surface area contributed by atoms with Gasteiger partial charge in [-0.3, -0.25) is 14.7 Å². The summed E-state index contributed by atoms with van der Waals surface area (Å²) >= 11 is 0. The molecule has 7 nitrogen and oxygen atoms in total. The van der Waals surface area contributed by atoms with E-state index in [0.717, 1.165) is 49.3 Å². The van der Waals surface area contributed by atoms with Crippen LogP contribution in [0.4, 0.5) is 0 Å². The minimum Gasteiger partial charge on any atom is -0.377 e. The molecule has 0 bridgehead atoms. The van der Waals surface area contributed by atoms with Gasteiger partial charge in [-0.1, -0.05) is 0 Å². The Morgan fingerprint density at radius 2 is 1.96 bits per heavy atom. The van der Waals surface area contributed by atoms with Crippen molar-refractivity contribution in [2.75, 3.05) is 32.8 Å². The number of aromatic amines is 1. The molecule has 0 spiro atoms. The van der Waals surface area contributed by atoms with Crippen molar-refractivity contribution >= 4 is 11.8 Å². The number of rotatable bonds is 4. The number of nitrogens with one attached hydrogen (secondary N) is 1. The van der Waals surface area contributed by atoms with E-state index in [-0.39, 0.29) is 17.9 Å². The number of amides is 2. The smallest absolute Gasteiger partial charge is 0.223 e. The standard InChI is InChI=1S/C19H30N4O3/c1-13-19(14(2)21-20-13)17-12-26-11-10-23(17)18(25)5-4-16-6-8-22(9-7-16)15(3)24/h16-17H,4-12H2,1-3H3,(H,20,21). The number of hydrogen-bond acceptors (Lipinski definition) is 4. The van der Waals surface area contributed by atoms with Crippen molar-refractivity contribution < 1.29 is 14.3 Å². The van der Waals surface area contributed by atoms with E-state index < -0.39 is 0 Å². The van der Waals surface area contributed by atoms with Gasteiger partial charge in [0, 0.05) is 44.2 Å². The van der Waals surface area contributed by atoms with E-state index in [0.29, 0.717) is 32.1 Å². The maximum atomic E-state index is 12.9. The van der Waals surface area contributed by atoms with Gasteiger partial charge in [0.05, 0.1) is 24.9 Å². The Bertz CT molecular complexity index is 630. The average Bonchev–Trinajstić information content (AvgIpc) is 2.98. The zero-order valence-electron chi connectivity index (χ0n) is 16.1. The fraction of sp³-hybridized carbons (Fsp3) is 0.737. The molecule has 0 aliphatic carbocycles. The number of morpholine rings is 1. The maximum Gasteiger partial charge on any atom is 0.223 e. The minimum absolute atomic E-state index is 0.0467. The fourth-order valence-corrected chi connectivity index (χ4v) is 4.20. The number of likely N-dealkylation sites (tertiary alicyclic amines) is 1. The molecule has 1 N–H and O–H groups in total. The van der Waals surface area contributed by atoms with Gasteiger partial charge in [0.1, 0.15) is 0 Å². The van der Waals surface area contributed by atoms with Crippen molar-refractivity contribution in [1.29, 1.82) is 0 Å². The lowest BCUT2D eigenvalue weighted by Gasteiger charge is -2.37. The van der Waals surface area contributed by atoms with Crippen LogP contribution in [0.1, 0.15) is 55.6 Å². The Morgan fingerprint density at radius 1 is 1.23 bits per heavy atom. The summed E-state index contributed by atoms with van der Waals surface area (Å²) in [5, 5.41) is 7.29. The van der Waals surface area contributed by atoms with Gasteiger partial charge in [-0.05, 0) is 39.0 Å². The molecule has 1 atom stereocenters. The van der Waals surface area contributed by atoms with Gasteiger partial charge < -0.3 is 14.5 Å². The number of aryl methyl sites for hydroxylation is 2. The zero-order valence-corrected chi connectivity index (χ0v) is 16.1. The van der Waals surface area contributed by atoms with Crippen LogP contribution in [0.2, 0.25) is 0 Å². The lowest BCUT2D eigenvalue weighted by molar-refractivity contribution is -0.141. The molecular formula is C19H30N4O3. The van der Waals surface area contributed by atoms with E-state index in [1.54, 1.807) is 6.92 Å². The number of nitrogens with zero attached hydrogens (tertiary/aromatic N) is 3. The topological polar surface area (TPSA) is 78.5 Å². The summed E-state index contributed by atoms with van der Waals surface area (Å²) in [6.07, 6.45) is 3.47. The first-order chi connectivity index (χ1) is 12.5. The molecule has 0 aromatic carbocycles.